The molecule has 3 nitrogen and oxygen atoms in total. The number of carbonyl (C=O) groups is 1. The molecule has 0 aromatic carbocycles. The molecule has 2 saturated carbocycles. The van der Waals surface area contributed by atoms with Crippen molar-refractivity contribution in [1.82, 2.24) is 0 Å². The summed E-state index contributed by atoms with van der Waals surface area (Å²) >= 11 is 0. The molecule has 0 radical (unpaired) electrons. The van der Waals surface area contributed by atoms with Gasteiger partial charge in [0.15, 0.2) is 0 Å². The van der Waals surface area contributed by atoms with Crippen molar-refractivity contribution in [2.75, 3.05) is 20.1 Å². The van der Waals surface area contributed by atoms with Gasteiger partial charge >= 0.3 is 5.97 Å². The van der Waals surface area contributed by atoms with E-state index >= 15 is 0 Å². The molecule has 0 spiro atoms. The molecule has 4 atom stereocenters. The summed E-state index contributed by atoms with van der Waals surface area (Å²) in [5, 5.41) is 0. The van der Waals surface area contributed by atoms with Crippen molar-refractivity contribution < 1.29 is 14.0 Å². The lowest BCUT2D eigenvalue weighted by Crippen LogP contribution is -2.60. The van der Waals surface area contributed by atoms with Gasteiger partial charge in [-0.15, -0.1) is 0 Å². The highest BCUT2D eigenvalue weighted by Gasteiger charge is 2.51. The van der Waals surface area contributed by atoms with Crippen molar-refractivity contribution in [2.24, 2.45) is 11.8 Å². The van der Waals surface area contributed by atoms with E-state index < -0.39 is 0 Å². The van der Waals surface area contributed by atoms with E-state index in [2.05, 4.69) is 7.05 Å². The van der Waals surface area contributed by atoms with E-state index in [4.69, 9.17) is 4.74 Å². The molecular formula is C16H28NO2+. The Morgan fingerprint density at radius 3 is 2.47 bits per heavy atom. The predicted octanol–water partition coefficient (Wildman–Crippen LogP) is 2.74. The summed E-state index contributed by atoms with van der Waals surface area (Å²) in [7, 11) is 2.44. The van der Waals surface area contributed by atoms with Gasteiger partial charge in [0.25, 0.3) is 0 Å². The molecule has 0 aromatic heterocycles. The van der Waals surface area contributed by atoms with Gasteiger partial charge in [0, 0.05) is 32.1 Å². The average molecular weight is 266 g/mol. The monoisotopic (exact) mass is 266 g/mol. The Balaban J connectivity index is 1.80. The molecular weight excluding hydrogens is 238 g/mol. The standard InChI is InChI=1S/C16H28NO2/c1-12(18)19-16-13-6-5-7-14(16)15(9-8-13)17(2)10-3-4-11-17/h13-16H,3-11H2,1-2H3/q+1/t13-,14-,15+,16+/m1/s1. The van der Waals surface area contributed by atoms with Crippen LogP contribution in [0.25, 0.3) is 0 Å². The van der Waals surface area contributed by atoms with Crippen LogP contribution in [0.4, 0.5) is 0 Å². The van der Waals surface area contributed by atoms with Gasteiger partial charge in [-0.2, -0.15) is 0 Å². The second-order valence-corrected chi connectivity index (χ2v) is 7.21. The summed E-state index contributed by atoms with van der Waals surface area (Å²) in [6, 6.07) is 0.739. The Labute approximate surface area is 116 Å². The number of esters is 1. The maximum Gasteiger partial charge on any atom is 0.302 e. The van der Waals surface area contributed by atoms with Crippen molar-refractivity contribution in [2.45, 2.75) is 64.0 Å². The molecule has 2 bridgehead atoms. The molecule has 0 unspecified atom stereocenters. The number of rotatable bonds is 2. The van der Waals surface area contributed by atoms with Crippen LogP contribution >= 0.6 is 0 Å². The van der Waals surface area contributed by atoms with Crippen molar-refractivity contribution in [1.29, 1.82) is 0 Å². The molecule has 1 aliphatic heterocycles. The second kappa shape index (κ2) is 5.08. The van der Waals surface area contributed by atoms with Crippen LogP contribution in [0, 0.1) is 11.8 Å². The third-order valence-electron chi connectivity index (χ3n) is 6.02. The molecule has 2 aliphatic carbocycles. The Hall–Kier alpha value is -0.570. The van der Waals surface area contributed by atoms with Crippen LogP contribution in [-0.2, 0) is 9.53 Å². The molecule has 3 aliphatic rings. The van der Waals surface area contributed by atoms with Crippen LogP contribution in [0.2, 0.25) is 0 Å². The van der Waals surface area contributed by atoms with Gasteiger partial charge in [0.2, 0.25) is 0 Å². The number of ether oxygens (including phenoxy) is 1. The van der Waals surface area contributed by atoms with Gasteiger partial charge in [0.05, 0.1) is 26.2 Å². The molecule has 0 amide bonds. The number of nitrogens with zero attached hydrogens (tertiary/aromatic N) is 1. The fourth-order valence-corrected chi connectivity index (χ4v) is 5.15. The van der Waals surface area contributed by atoms with Gasteiger partial charge in [-0.25, -0.2) is 0 Å². The first kappa shape index (κ1) is 13.4. The van der Waals surface area contributed by atoms with E-state index in [-0.39, 0.29) is 12.1 Å². The van der Waals surface area contributed by atoms with Crippen LogP contribution in [0.1, 0.15) is 51.9 Å². The predicted molar refractivity (Wildman–Crippen MR) is 74.6 cm³/mol. The summed E-state index contributed by atoms with van der Waals surface area (Å²) in [6.07, 6.45) is 9.47. The summed E-state index contributed by atoms with van der Waals surface area (Å²) in [4.78, 5) is 11.4. The van der Waals surface area contributed by atoms with Gasteiger partial charge in [-0.1, -0.05) is 6.42 Å². The topological polar surface area (TPSA) is 26.3 Å². The Morgan fingerprint density at radius 2 is 1.79 bits per heavy atom. The molecule has 3 heteroatoms. The Bertz CT molecular complexity index is 349. The smallest absolute Gasteiger partial charge is 0.302 e. The minimum atomic E-state index is -0.0772. The zero-order chi connectivity index (χ0) is 13.5. The highest BCUT2D eigenvalue weighted by Crippen LogP contribution is 2.46. The maximum absolute atomic E-state index is 11.4. The van der Waals surface area contributed by atoms with Crippen molar-refractivity contribution in [3.8, 4) is 0 Å². The van der Waals surface area contributed by atoms with Crippen LogP contribution in [0.15, 0.2) is 0 Å². The summed E-state index contributed by atoms with van der Waals surface area (Å²) in [5.74, 6) is 1.19. The zero-order valence-corrected chi connectivity index (χ0v) is 12.4. The summed E-state index contributed by atoms with van der Waals surface area (Å²) < 4.78 is 6.99. The lowest BCUT2D eigenvalue weighted by molar-refractivity contribution is -0.928. The Morgan fingerprint density at radius 1 is 1.05 bits per heavy atom. The molecule has 1 saturated heterocycles. The molecule has 1 heterocycles. The number of quaternary nitrogens is 1. The number of carbonyl (C=O) groups excluding carboxylic acids is 1. The number of hydrogen-bond acceptors (Lipinski definition) is 2. The van der Waals surface area contributed by atoms with Crippen LogP contribution in [0.5, 0.6) is 0 Å². The fraction of sp³-hybridized carbons (Fsp3) is 0.938. The van der Waals surface area contributed by atoms with Crippen molar-refractivity contribution >= 4 is 5.97 Å². The number of fused-ring (bicyclic) bond motifs is 2. The van der Waals surface area contributed by atoms with Crippen LogP contribution in [-0.4, -0.2) is 42.7 Å². The molecule has 3 fully saturated rings. The Kier molecular flexibility index (Phi) is 3.59. The third kappa shape index (κ3) is 2.42. The first-order valence-corrected chi connectivity index (χ1v) is 8.11. The van der Waals surface area contributed by atoms with Gasteiger partial charge in [-0.3, -0.25) is 4.79 Å². The number of likely N-dealkylation sites (tertiary alicyclic amines) is 1. The zero-order valence-electron chi connectivity index (χ0n) is 12.4. The van der Waals surface area contributed by atoms with Gasteiger partial charge in [-0.05, 0) is 25.2 Å². The fourth-order valence-electron chi connectivity index (χ4n) is 5.15. The van der Waals surface area contributed by atoms with E-state index in [9.17, 15) is 4.79 Å². The highest BCUT2D eigenvalue weighted by atomic mass is 16.5. The van der Waals surface area contributed by atoms with E-state index in [0.29, 0.717) is 11.8 Å². The van der Waals surface area contributed by atoms with Crippen molar-refractivity contribution in [3.05, 3.63) is 0 Å². The van der Waals surface area contributed by atoms with E-state index in [1.165, 1.54) is 62.5 Å². The van der Waals surface area contributed by atoms with E-state index in [1.54, 1.807) is 6.92 Å². The third-order valence-corrected chi connectivity index (χ3v) is 6.02. The molecule has 0 aromatic rings. The van der Waals surface area contributed by atoms with Crippen LogP contribution < -0.4 is 0 Å². The number of hydrogen-bond donors (Lipinski definition) is 0. The van der Waals surface area contributed by atoms with Gasteiger partial charge < -0.3 is 9.22 Å². The summed E-state index contributed by atoms with van der Waals surface area (Å²) in [6.45, 7) is 4.24. The maximum atomic E-state index is 11.4. The van der Waals surface area contributed by atoms with Crippen molar-refractivity contribution in [3.63, 3.8) is 0 Å². The second-order valence-electron chi connectivity index (χ2n) is 7.21. The first-order valence-electron chi connectivity index (χ1n) is 8.11. The lowest BCUT2D eigenvalue weighted by atomic mass is 9.66. The van der Waals surface area contributed by atoms with E-state index in [1.807, 2.05) is 0 Å². The van der Waals surface area contributed by atoms with Gasteiger partial charge in [0.1, 0.15) is 6.10 Å². The molecule has 108 valence electrons. The minimum Gasteiger partial charge on any atom is -0.462 e. The van der Waals surface area contributed by atoms with Crippen LogP contribution in [0.3, 0.4) is 0 Å². The molecule has 0 N–H and O–H groups in total. The molecule has 19 heavy (non-hydrogen) atoms. The summed E-state index contributed by atoms with van der Waals surface area (Å²) in [5.41, 5.74) is 0. The normalized spacial score (nSPS) is 40.9. The highest BCUT2D eigenvalue weighted by molar-refractivity contribution is 5.66. The quantitative estimate of drug-likeness (QED) is 0.567. The largest absolute Gasteiger partial charge is 0.462 e. The van der Waals surface area contributed by atoms with E-state index in [0.717, 1.165) is 6.04 Å². The first-order chi connectivity index (χ1) is 9.10. The molecule has 3 rings (SSSR count). The SMILES string of the molecule is CC(=O)O[C@H]1[C@@H]2CCC[C@@H]1[C@@H]([N+]1(C)CCCC1)CC2. The average Bonchev–Trinajstić information content (AvgIpc) is 2.76. The lowest BCUT2D eigenvalue weighted by Gasteiger charge is -2.51. The minimum absolute atomic E-state index is 0.0772.